The van der Waals surface area contributed by atoms with Crippen LogP contribution in [0.3, 0.4) is 0 Å². The largest absolute Gasteiger partial charge is 0.285 e. The summed E-state index contributed by atoms with van der Waals surface area (Å²) in [5, 5.41) is 5.03. The lowest BCUT2D eigenvalue weighted by atomic mass is 10.0. The van der Waals surface area contributed by atoms with E-state index < -0.39 is 0 Å². The first-order chi connectivity index (χ1) is 11.8. The number of fused-ring (bicyclic) bond motifs is 2. The van der Waals surface area contributed by atoms with Crippen molar-refractivity contribution >= 4 is 27.8 Å². The molecule has 4 rings (SSSR count). The molecule has 4 aromatic carbocycles. The van der Waals surface area contributed by atoms with E-state index in [1.807, 2.05) is 6.21 Å². The Morgan fingerprint density at radius 2 is 1.42 bits per heavy atom. The Morgan fingerprint density at radius 1 is 0.708 bits per heavy atom. The van der Waals surface area contributed by atoms with Gasteiger partial charge in [0.25, 0.3) is 0 Å². The molecule has 0 radical (unpaired) electrons. The maximum Gasteiger partial charge on any atom is 0.0721 e. The summed E-state index contributed by atoms with van der Waals surface area (Å²) in [4.78, 5) is 4.80. The monoisotopic (exact) mass is 309 g/mol. The third-order valence-corrected chi connectivity index (χ3v) is 4.52. The van der Waals surface area contributed by atoms with E-state index in [2.05, 4.69) is 91.9 Å². The molecule has 1 heteroatoms. The summed E-state index contributed by atoms with van der Waals surface area (Å²) in [7, 11) is 0. The maximum atomic E-state index is 4.80. The molecule has 1 nitrogen and oxygen atoms in total. The summed E-state index contributed by atoms with van der Waals surface area (Å²) in [5.74, 6) is 0. The summed E-state index contributed by atoms with van der Waals surface area (Å²) in [6.45, 7) is 2.14. The third-order valence-electron chi connectivity index (χ3n) is 4.52. The van der Waals surface area contributed by atoms with Crippen LogP contribution in [-0.2, 0) is 0 Å². The lowest BCUT2D eigenvalue weighted by Gasteiger charge is -2.09. The molecule has 0 saturated heterocycles. The zero-order valence-electron chi connectivity index (χ0n) is 13.7. The van der Waals surface area contributed by atoms with Gasteiger partial charge in [0, 0.05) is 11.8 Å². The molecule has 116 valence electrons. The molecule has 0 aromatic heterocycles. The molecule has 0 amide bonds. The fraction of sp³-hybridized carbons (Fsp3) is 0.0870. The van der Waals surface area contributed by atoms with E-state index in [1.54, 1.807) is 0 Å². The van der Waals surface area contributed by atoms with Crippen molar-refractivity contribution in [2.45, 2.75) is 13.0 Å². The molecule has 0 aliphatic heterocycles. The van der Waals surface area contributed by atoms with Crippen LogP contribution in [0.2, 0.25) is 0 Å². The molecule has 0 aliphatic carbocycles. The van der Waals surface area contributed by atoms with E-state index in [0.717, 1.165) is 0 Å². The Labute approximate surface area is 142 Å². The number of rotatable bonds is 3. The minimum Gasteiger partial charge on any atom is -0.285 e. The van der Waals surface area contributed by atoms with E-state index in [0.29, 0.717) is 0 Å². The Kier molecular flexibility index (Phi) is 3.84. The number of hydrogen-bond acceptors (Lipinski definition) is 1. The molecule has 24 heavy (non-hydrogen) atoms. The predicted octanol–water partition coefficient (Wildman–Crippen LogP) is 6.17. The van der Waals surface area contributed by atoms with Gasteiger partial charge in [0.05, 0.1) is 6.04 Å². The molecular weight excluding hydrogens is 290 g/mol. The van der Waals surface area contributed by atoms with Crippen molar-refractivity contribution in [3.63, 3.8) is 0 Å². The van der Waals surface area contributed by atoms with Crippen molar-refractivity contribution in [3.8, 4) is 0 Å². The van der Waals surface area contributed by atoms with Gasteiger partial charge < -0.3 is 0 Å². The van der Waals surface area contributed by atoms with Crippen LogP contribution in [0.25, 0.3) is 21.5 Å². The summed E-state index contributed by atoms with van der Waals surface area (Å²) in [6, 6.07) is 30.0. The van der Waals surface area contributed by atoms with Gasteiger partial charge in [-0.1, -0.05) is 78.9 Å². The van der Waals surface area contributed by atoms with Gasteiger partial charge in [-0.25, -0.2) is 0 Å². The average molecular weight is 309 g/mol. The smallest absolute Gasteiger partial charge is 0.0721 e. The molecular formula is C23H19N. The minimum atomic E-state index is 0.133. The number of benzene rings is 4. The quantitative estimate of drug-likeness (QED) is 0.401. The standard InChI is InChI=1S/C23H19N/c1-17(20-14-13-18-7-2-3-9-21(18)15-20)24-16-22-11-6-10-19-8-4-5-12-23(19)22/h2-17H,1H3. The van der Waals surface area contributed by atoms with Gasteiger partial charge >= 0.3 is 0 Å². The molecule has 1 atom stereocenters. The molecule has 0 N–H and O–H groups in total. The fourth-order valence-electron chi connectivity index (χ4n) is 3.11. The number of nitrogens with zero attached hydrogens (tertiary/aromatic N) is 1. The molecule has 0 heterocycles. The average Bonchev–Trinajstić information content (AvgIpc) is 2.65. The van der Waals surface area contributed by atoms with Crippen LogP contribution in [0, 0.1) is 0 Å². The fourth-order valence-corrected chi connectivity index (χ4v) is 3.11. The van der Waals surface area contributed by atoms with Crippen LogP contribution in [-0.4, -0.2) is 6.21 Å². The van der Waals surface area contributed by atoms with Crippen LogP contribution >= 0.6 is 0 Å². The molecule has 4 aromatic rings. The van der Waals surface area contributed by atoms with Crippen molar-refractivity contribution < 1.29 is 0 Å². The topological polar surface area (TPSA) is 12.4 Å². The van der Waals surface area contributed by atoms with Gasteiger partial charge in [-0.3, -0.25) is 4.99 Å². The summed E-state index contributed by atoms with van der Waals surface area (Å²) in [6.07, 6.45) is 2.00. The minimum absolute atomic E-state index is 0.133. The van der Waals surface area contributed by atoms with Crippen molar-refractivity contribution in [1.82, 2.24) is 0 Å². The van der Waals surface area contributed by atoms with E-state index in [1.165, 1.54) is 32.7 Å². The second-order valence-corrected chi connectivity index (χ2v) is 6.13. The number of aliphatic imine (C=N–C) groups is 1. The van der Waals surface area contributed by atoms with Gasteiger partial charge in [0.1, 0.15) is 0 Å². The highest BCUT2D eigenvalue weighted by atomic mass is 14.8. The molecule has 1 unspecified atom stereocenters. The van der Waals surface area contributed by atoms with Crippen molar-refractivity contribution in [3.05, 3.63) is 96.1 Å². The second kappa shape index (κ2) is 6.29. The van der Waals surface area contributed by atoms with E-state index in [-0.39, 0.29) is 6.04 Å². The van der Waals surface area contributed by atoms with E-state index in [4.69, 9.17) is 4.99 Å². The van der Waals surface area contributed by atoms with Gasteiger partial charge in [0.15, 0.2) is 0 Å². The first-order valence-corrected chi connectivity index (χ1v) is 8.31. The first kappa shape index (κ1) is 14.6. The zero-order chi connectivity index (χ0) is 16.4. The predicted molar refractivity (Wildman–Crippen MR) is 104 cm³/mol. The Morgan fingerprint density at radius 3 is 2.29 bits per heavy atom. The molecule has 0 aliphatic rings. The van der Waals surface area contributed by atoms with Crippen molar-refractivity contribution in [2.75, 3.05) is 0 Å². The lowest BCUT2D eigenvalue weighted by Crippen LogP contribution is -1.92. The zero-order valence-corrected chi connectivity index (χ0v) is 13.7. The van der Waals surface area contributed by atoms with Crippen molar-refractivity contribution in [2.24, 2.45) is 4.99 Å². The van der Waals surface area contributed by atoms with Crippen LogP contribution in [0.15, 0.2) is 89.9 Å². The van der Waals surface area contributed by atoms with Gasteiger partial charge in [-0.15, -0.1) is 0 Å². The number of hydrogen-bond donors (Lipinski definition) is 0. The van der Waals surface area contributed by atoms with Crippen molar-refractivity contribution in [1.29, 1.82) is 0 Å². The summed E-state index contributed by atoms with van der Waals surface area (Å²) < 4.78 is 0. The molecule has 0 fully saturated rings. The Bertz CT molecular complexity index is 1020. The maximum absolute atomic E-state index is 4.80. The van der Waals surface area contributed by atoms with Gasteiger partial charge in [-0.2, -0.15) is 0 Å². The van der Waals surface area contributed by atoms with Crippen LogP contribution in [0.1, 0.15) is 24.1 Å². The van der Waals surface area contributed by atoms with Crippen LogP contribution in [0.5, 0.6) is 0 Å². The normalized spacial score (nSPS) is 12.9. The molecule has 0 spiro atoms. The Balaban J connectivity index is 1.66. The summed E-state index contributed by atoms with van der Waals surface area (Å²) in [5.41, 5.74) is 2.41. The van der Waals surface area contributed by atoms with Gasteiger partial charge in [0.2, 0.25) is 0 Å². The lowest BCUT2D eigenvalue weighted by molar-refractivity contribution is 0.827. The Hall–Kier alpha value is -2.93. The molecule has 0 bridgehead atoms. The SMILES string of the molecule is CC(N=Cc1cccc2ccccc12)c1ccc2ccccc2c1. The van der Waals surface area contributed by atoms with E-state index >= 15 is 0 Å². The highest BCUT2D eigenvalue weighted by Crippen LogP contribution is 2.23. The van der Waals surface area contributed by atoms with Crippen LogP contribution < -0.4 is 0 Å². The summed E-state index contributed by atoms with van der Waals surface area (Å²) >= 11 is 0. The van der Waals surface area contributed by atoms with Crippen LogP contribution in [0.4, 0.5) is 0 Å². The second-order valence-electron chi connectivity index (χ2n) is 6.13. The highest BCUT2D eigenvalue weighted by molar-refractivity contribution is 5.99. The van der Waals surface area contributed by atoms with Gasteiger partial charge in [-0.05, 0) is 40.1 Å². The van der Waals surface area contributed by atoms with E-state index in [9.17, 15) is 0 Å². The third kappa shape index (κ3) is 2.81. The first-order valence-electron chi connectivity index (χ1n) is 8.31. The highest BCUT2D eigenvalue weighted by Gasteiger charge is 2.04. The molecule has 0 saturated carbocycles.